The van der Waals surface area contributed by atoms with Crippen LogP contribution >= 0.6 is 0 Å². The third kappa shape index (κ3) is 3.59. The van der Waals surface area contributed by atoms with Gasteiger partial charge in [0, 0.05) is 19.0 Å². The van der Waals surface area contributed by atoms with Gasteiger partial charge >= 0.3 is 0 Å². The molecule has 2 aromatic rings. The lowest BCUT2D eigenvalue weighted by molar-refractivity contribution is -0.112. The van der Waals surface area contributed by atoms with Gasteiger partial charge in [-0.2, -0.15) is 0 Å². The predicted octanol–water partition coefficient (Wildman–Crippen LogP) is 3.76. The lowest BCUT2D eigenvalue weighted by Gasteiger charge is -2.30. The smallest absolute Gasteiger partial charge is 0.124 e. The van der Waals surface area contributed by atoms with E-state index in [1.165, 1.54) is 16.7 Å². The molecule has 2 heteroatoms. The Hall–Kier alpha value is -1.93. The van der Waals surface area contributed by atoms with Gasteiger partial charge in [0.1, 0.15) is 6.29 Å². The number of carbonyl (C=O) groups excluding carboxylic acids is 1. The minimum atomic E-state index is 0.224. The number of nitrogens with zero attached hydrogens (tertiary/aromatic N) is 1. The Bertz CT molecular complexity index is 576. The molecule has 2 aromatic carbocycles. The van der Waals surface area contributed by atoms with E-state index in [4.69, 9.17) is 0 Å². The molecule has 2 nitrogen and oxygen atoms in total. The van der Waals surface area contributed by atoms with Crippen LogP contribution in [0.5, 0.6) is 0 Å². The van der Waals surface area contributed by atoms with E-state index < -0.39 is 0 Å². The second-order valence-corrected chi connectivity index (χ2v) is 5.84. The molecule has 0 saturated carbocycles. The summed E-state index contributed by atoms with van der Waals surface area (Å²) in [6.07, 6.45) is 3.29. The maximum atomic E-state index is 10.9. The fourth-order valence-corrected chi connectivity index (χ4v) is 3.04. The van der Waals surface area contributed by atoms with Gasteiger partial charge < -0.3 is 4.79 Å². The van der Waals surface area contributed by atoms with Crippen LogP contribution in [0.2, 0.25) is 0 Å². The Morgan fingerprint density at radius 1 is 1.00 bits per heavy atom. The Kier molecular flexibility index (Phi) is 4.46. The van der Waals surface area contributed by atoms with Gasteiger partial charge in [0.25, 0.3) is 0 Å². The van der Waals surface area contributed by atoms with Crippen LogP contribution in [0.1, 0.15) is 18.4 Å². The van der Waals surface area contributed by atoms with Gasteiger partial charge in [-0.15, -0.1) is 0 Å². The standard InChI is InChI=1S/C19H21NO/c21-15-17-5-4-12-20(14-17)13-16-8-10-19(11-9-16)18-6-2-1-3-7-18/h1-3,6-11,15,17H,4-5,12-14H2. The van der Waals surface area contributed by atoms with Gasteiger partial charge in [-0.05, 0) is 36.1 Å². The monoisotopic (exact) mass is 279 g/mol. The first-order chi connectivity index (χ1) is 10.3. The first kappa shape index (κ1) is 14.0. The summed E-state index contributed by atoms with van der Waals surface area (Å²) in [5, 5.41) is 0. The molecule has 1 atom stereocenters. The largest absolute Gasteiger partial charge is 0.303 e. The predicted molar refractivity (Wildman–Crippen MR) is 85.9 cm³/mol. The van der Waals surface area contributed by atoms with Gasteiger partial charge in [0.2, 0.25) is 0 Å². The molecule has 0 spiro atoms. The zero-order valence-electron chi connectivity index (χ0n) is 12.2. The number of hydrogen-bond donors (Lipinski definition) is 0. The zero-order chi connectivity index (χ0) is 14.5. The molecular weight excluding hydrogens is 258 g/mol. The summed E-state index contributed by atoms with van der Waals surface area (Å²) >= 11 is 0. The van der Waals surface area contributed by atoms with Crippen molar-refractivity contribution in [2.45, 2.75) is 19.4 Å². The summed E-state index contributed by atoms with van der Waals surface area (Å²) in [4.78, 5) is 13.3. The number of piperidine rings is 1. The maximum absolute atomic E-state index is 10.9. The van der Waals surface area contributed by atoms with Gasteiger partial charge in [-0.1, -0.05) is 54.6 Å². The van der Waals surface area contributed by atoms with Crippen LogP contribution in [-0.2, 0) is 11.3 Å². The third-order valence-corrected chi connectivity index (χ3v) is 4.20. The van der Waals surface area contributed by atoms with E-state index in [1.807, 2.05) is 6.07 Å². The number of likely N-dealkylation sites (tertiary alicyclic amines) is 1. The van der Waals surface area contributed by atoms with Gasteiger partial charge in [0.15, 0.2) is 0 Å². The molecule has 0 N–H and O–H groups in total. The number of carbonyl (C=O) groups is 1. The van der Waals surface area contributed by atoms with Crippen molar-refractivity contribution in [1.29, 1.82) is 0 Å². The highest BCUT2D eigenvalue weighted by Gasteiger charge is 2.19. The highest BCUT2D eigenvalue weighted by atomic mass is 16.1. The van der Waals surface area contributed by atoms with E-state index >= 15 is 0 Å². The van der Waals surface area contributed by atoms with Gasteiger partial charge in [0.05, 0.1) is 0 Å². The topological polar surface area (TPSA) is 20.3 Å². The second-order valence-electron chi connectivity index (χ2n) is 5.84. The van der Waals surface area contributed by atoms with E-state index in [9.17, 15) is 4.79 Å². The minimum absolute atomic E-state index is 0.224. The SMILES string of the molecule is O=CC1CCCN(Cc2ccc(-c3ccccc3)cc2)C1. The molecule has 1 saturated heterocycles. The molecule has 1 heterocycles. The van der Waals surface area contributed by atoms with E-state index in [0.29, 0.717) is 0 Å². The summed E-state index contributed by atoms with van der Waals surface area (Å²) in [5.41, 5.74) is 3.83. The normalized spacial score (nSPS) is 19.3. The second kappa shape index (κ2) is 6.68. The molecule has 1 aliphatic rings. The van der Waals surface area contributed by atoms with Gasteiger partial charge in [-0.3, -0.25) is 4.90 Å². The lowest BCUT2D eigenvalue weighted by atomic mass is 9.99. The highest BCUT2D eigenvalue weighted by Crippen LogP contribution is 2.21. The molecule has 108 valence electrons. The van der Waals surface area contributed by atoms with Gasteiger partial charge in [-0.25, -0.2) is 0 Å². The Labute approximate surface area is 126 Å². The summed E-state index contributed by atoms with van der Waals surface area (Å²) in [6.45, 7) is 2.95. The number of benzene rings is 2. The van der Waals surface area contributed by atoms with Crippen molar-refractivity contribution in [1.82, 2.24) is 4.90 Å². The first-order valence-corrected chi connectivity index (χ1v) is 7.67. The summed E-state index contributed by atoms with van der Waals surface area (Å²) in [5.74, 6) is 0.224. The first-order valence-electron chi connectivity index (χ1n) is 7.67. The van der Waals surface area contributed by atoms with Crippen molar-refractivity contribution < 1.29 is 4.79 Å². The minimum Gasteiger partial charge on any atom is -0.303 e. The van der Waals surface area contributed by atoms with E-state index in [0.717, 1.165) is 38.8 Å². The molecule has 0 bridgehead atoms. The summed E-state index contributed by atoms with van der Waals surface area (Å²) < 4.78 is 0. The summed E-state index contributed by atoms with van der Waals surface area (Å²) in [7, 11) is 0. The lowest BCUT2D eigenvalue weighted by Crippen LogP contribution is -2.35. The van der Waals surface area contributed by atoms with Crippen LogP contribution in [0, 0.1) is 5.92 Å². The average molecular weight is 279 g/mol. The van der Waals surface area contributed by atoms with Crippen LogP contribution < -0.4 is 0 Å². The molecule has 1 fully saturated rings. The van der Waals surface area contributed by atoms with Crippen molar-refractivity contribution in [3.63, 3.8) is 0 Å². The molecule has 1 aliphatic heterocycles. The van der Waals surface area contributed by atoms with Crippen molar-refractivity contribution in [2.75, 3.05) is 13.1 Å². The molecule has 21 heavy (non-hydrogen) atoms. The molecule has 0 aromatic heterocycles. The fourth-order valence-electron chi connectivity index (χ4n) is 3.04. The molecule has 1 unspecified atom stereocenters. The zero-order valence-corrected chi connectivity index (χ0v) is 12.2. The van der Waals surface area contributed by atoms with Crippen molar-refractivity contribution in [2.24, 2.45) is 5.92 Å². The van der Waals surface area contributed by atoms with E-state index in [2.05, 4.69) is 53.4 Å². The van der Waals surface area contributed by atoms with Crippen LogP contribution in [-0.4, -0.2) is 24.3 Å². The van der Waals surface area contributed by atoms with Crippen LogP contribution in [0.4, 0.5) is 0 Å². The fraction of sp³-hybridized carbons (Fsp3) is 0.316. The quantitative estimate of drug-likeness (QED) is 0.794. The Balaban J connectivity index is 1.66. The number of rotatable bonds is 4. The average Bonchev–Trinajstić information content (AvgIpc) is 2.56. The number of aldehydes is 1. The van der Waals surface area contributed by atoms with E-state index in [1.54, 1.807) is 0 Å². The van der Waals surface area contributed by atoms with Crippen LogP contribution in [0.3, 0.4) is 0 Å². The molecule has 0 aliphatic carbocycles. The van der Waals surface area contributed by atoms with Crippen molar-refractivity contribution in [3.05, 3.63) is 60.2 Å². The summed E-state index contributed by atoms with van der Waals surface area (Å²) in [6, 6.07) is 19.2. The van der Waals surface area contributed by atoms with Crippen molar-refractivity contribution in [3.8, 4) is 11.1 Å². The Morgan fingerprint density at radius 3 is 2.43 bits per heavy atom. The van der Waals surface area contributed by atoms with Crippen LogP contribution in [0.15, 0.2) is 54.6 Å². The third-order valence-electron chi connectivity index (χ3n) is 4.20. The Morgan fingerprint density at radius 2 is 1.71 bits per heavy atom. The van der Waals surface area contributed by atoms with Crippen LogP contribution in [0.25, 0.3) is 11.1 Å². The molecule has 0 amide bonds. The molecule has 3 rings (SSSR count). The number of hydrogen-bond acceptors (Lipinski definition) is 2. The van der Waals surface area contributed by atoms with Crippen molar-refractivity contribution >= 4 is 6.29 Å². The highest BCUT2D eigenvalue weighted by molar-refractivity contribution is 5.63. The molecule has 0 radical (unpaired) electrons. The maximum Gasteiger partial charge on any atom is 0.124 e. The van der Waals surface area contributed by atoms with E-state index in [-0.39, 0.29) is 5.92 Å². The molecular formula is C19H21NO.